The number of nitrogens with zero attached hydrogens (tertiary/aromatic N) is 1. The highest BCUT2D eigenvalue weighted by molar-refractivity contribution is 5.87. The van der Waals surface area contributed by atoms with Crippen LogP contribution in [0.2, 0.25) is 0 Å². The van der Waals surface area contributed by atoms with Gasteiger partial charge in [-0.05, 0) is 24.1 Å². The SMILES string of the molecule is COc1ccc(CN2C(=O)CC[C@@H]2C(=O)O)cc1. The molecule has 0 aliphatic carbocycles. The van der Waals surface area contributed by atoms with Crippen LogP contribution in [0.1, 0.15) is 18.4 Å². The molecule has 1 aliphatic heterocycles. The lowest BCUT2D eigenvalue weighted by Crippen LogP contribution is -2.37. The van der Waals surface area contributed by atoms with Gasteiger partial charge in [-0.15, -0.1) is 0 Å². The first-order chi connectivity index (χ1) is 8.61. The van der Waals surface area contributed by atoms with Crippen LogP contribution in [-0.2, 0) is 16.1 Å². The highest BCUT2D eigenvalue weighted by Gasteiger charge is 2.35. The minimum absolute atomic E-state index is 0.0989. The van der Waals surface area contributed by atoms with E-state index < -0.39 is 12.0 Å². The second kappa shape index (κ2) is 5.08. The fourth-order valence-electron chi connectivity index (χ4n) is 2.12. The lowest BCUT2D eigenvalue weighted by atomic mass is 10.2. The second-order valence-electron chi connectivity index (χ2n) is 4.26. The van der Waals surface area contributed by atoms with E-state index in [0.29, 0.717) is 19.4 Å². The monoisotopic (exact) mass is 249 g/mol. The molecule has 0 bridgehead atoms. The van der Waals surface area contributed by atoms with E-state index in [1.165, 1.54) is 4.90 Å². The number of ether oxygens (including phenoxy) is 1. The third-order valence-corrected chi connectivity index (χ3v) is 3.13. The molecular weight excluding hydrogens is 234 g/mol. The first-order valence-electron chi connectivity index (χ1n) is 5.77. The van der Waals surface area contributed by atoms with E-state index in [0.717, 1.165) is 11.3 Å². The van der Waals surface area contributed by atoms with Crippen LogP contribution in [0, 0.1) is 0 Å². The Morgan fingerprint density at radius 1 is 1.44 bits per heavy atom. The van der Waals surface area contributed by atoms with Crippen molar-refractivity contribution >= 4 is 11.9 Å². The number of carboxylic acid groups (broad SMARTS) is 1. The van der Waals surface area contributed by atoms with Crippen molar-refractivity contribution in [3.8, 4) is 5.75 Å². The lowest BCUT2D eigenvalue weighted by Gasteiger charge is -2.21. The highest BCUT2D eigenvalue weighted by Crippen LogP contribution is 2.22. The molecule has 18 heavy (non-hydrogen) atoms. The number of hydrogen-bond acceptors (Lipinski definition) is 3. The van der Waals surface area contributed by atoms with Crippen molar-refractivity contribution < 1.29 is 19.4 Å². The smallest absolute Gasteiger partial charge is 0.326 e. The maximum absolute atomic E-state index is 11.7. The van der Waals surface area contributed by atoms with Crippen molar-refractivity contribution in [2.75, 3.05) is 7.11 Å². The summed E-state index contributed by atoms with van der Waals surface area (Å²) in [4.78, 5) is 24.1. The summed E-state index contributed by atoms with van der Waals surface area (Å²) in [6, 6.07) is 6.57. The van der Waals surface area contributed by atoms with Gasteiger partial charge in [-0.25, -0.2) is 4.79 Å². The lowest BCUT2D eigenvalue weighted by molar-refractivity contribution is -0.146. The highest BCUT2D eigenvalue weighted by atomic mass is 16.5. The topological polar surface area (TPSA) is 66.8 Å². The second-order valence-corrected chi connectivity index (χ2v) is 4.26. The molecular formula is C13H15NO4. The number of aliphatic carboxylic acids is 1. The van der Waals surface area contributed by atoms with Crippen LogP contribution < -0.4 is 4.74 Å². The summed E-state index contributed by atoms with van der Waals surface area (Å²) in [7, 11) is 1.58. The molecule has 5 nitrogen and oxygen atoms in total. The van der Waals surface area contributed by atoms with E-state index in [1.54, 1.807) is 19.2 Å². The fourth-order valence-corrected chi connectivity index (χ4v) is 2.12. The Hall–Kier alpha value is -2.04. The molecule has 0 aromatic heterocycles. The Morgan fingerprint density at radius 3 is 2.67 bits per heavy atom. The van der Waals surface area contributed by atoms with Gasteiger partial charge in [0.15, 0.2) is 0 Å². The summed E-state index contributed by atoms with van der Waals surface area (Å²) >= 11 is 0. The minimum atomic E-state index is -0.936. The van der Waals surface area contributed by atoms with Gasteiger partial charge in [-0.3, -0.25) is 4.79 Å². The van der Waals surface area contributed by atoms with Gasteiger partial charge in [0.1, 0.15) is 11.8 Å². The molecule has 1 atom stereocenters. The van der Waals surface area contributed by atoms with Crippen LogP contribution in [0.15, 0.2) is 24.3 Å². The first-order valence-corrected chi connectivity index (χ1v) is 5.77. The molecule has 1 amide bonds. The van der Waals surface area contributed by atoms with Gasteiger partial charge < -0.3 is 14.7 Å². The van der Waals surface area contributed by atoms with Gasteiger partial charge in [0, 0.05) is 13.0 Å². The maximum Gasteiger partial charge on any atom is 0.326 e. The third kappa shape index (κ3) is 2.45. The minimum Gasteiger partial charge on any atom is -0.497 e. The maximum atomic E-state index is 11.7. The standard InChI is InChI=1S/C13H15NO4/c1-18-10-4-2-9(3-5-10)8-14-11(13(16)17)6-7-12(14)15/h2-5,11H,6-8H2,1H3,(H,16,17)/t11-/m1/s1. The Bertz CT molecular complexity index is 455. The molecule has 0 saturated carbocycles. The number of methoxy groups -OCH3 is 1. The molecule has 1 N–H and O–H groups in total. The fraction of sp³-hybridized carbons (Fsp3) is 0.385. The summed E-state index contributed by atoms with van der Waals surface area (Å²) < 4.78 is 5.04. The Labute approximate surface area is 105 Å². The summed E-state index contributed by atoms with van der Waals surface area (Å²) in [5.41, 5.74) is 0.900. The van der Waals surface area contributed by atoms with Crippen molar-refractivity contribution in [1.29, 1.82) is 0 Å². The zero-order valence-electron chi connectivity index (χ0n) is 10.1. The molecule has 1 aliphatic rings. The molecule has 0 radical (unpaired) electrons. The van der Waals surface area contributed by atoms with Crippen molar-refractivity contribution in [3.63, 3.8) is 0 Å². The Balaban J connectivity index is 2.11. The quantitative estimate of drug-likeness (QED) is 0.872. The molecule has 1 aromatic carbocycles. The number of carboxylic acids is 1. The normalized spacial score (nSPS) is 19.1. The summed E-state index contributed by atoms with van der Waals surface area (Å²) in [5.74, 6) is -0.297. The molecule has 1 saturated heterocycles. The van der Waals surface area contributed by atoms with Crippen LogP contribution in [0.25, 0.3) is 0 Å². The number of likely N-dealkylation sites (tertiary alicyclic amines) is 1. The van der Waals surface area contributed by atoms with Crippen LogP contribution >= 0.6 is 0 Å². The van der Waals surface area contributed by atoms with E-state index in [4.69, 9.17) is 9.84 Å². The predicted octanol–water partition coefficient (Wildman–Crippen LogP) is 1.27. The molecule has 0 spiro atoms. The van der Waals surface area contributed by atoms with Gasteiger partial charge in [0.2, 0.25) is 5.91 Å². The number of amides is 1. The zero-order valence-corrected chi connectivity index (χ0v) is 10.1. The third-order valence-electron chi connectivity index (χ3n) is 3.13. The van der Waals surface area contributed by atoms with Crippen LogP contribution in [0.5, 0.6) is 5.75 Å². The number of hydrogen-bond donors (Lipinski definition) is 1. The number of benzene rings is 1. The number of rotatable bonds is 4. The summed E-state index contributed by atoms with van der Waals surface area (Å²) in [6.07, 6.45) is 0.706. The van der Waals surface area contributed by atoms with E-state index >= 15 is 0 Å². The van der Waals surface area contributed by atoms with Gasteiger partial charge in [0.25, 0.3) is 0 Å². The van der Waals surface area contributed by atoms with Crippen LogP contribution in [0.3, 0.4) is 0 Å². The largest absolute Gasteiger partial charge is 0.497 e. The van der Waals surface area contributed by atoms with Crippen LogP contribution in [0.4, 0.5) is 0 Å². The Kier molecular flexibility index (Phi) is 3.50. The van der Waals surface area contributed by atoms with Crippen molar-refractivity contribution in [3.05, 3.63) is 29.8 Å². The van der Waals surface area contributed by atoms with Gasteiger partial charge >= 0.3 is 5.97 Å². The average Bonchev–Trinajstić information content (AvgIpc) is 2.72. The average molecular weight is 249 g/mol. The zero-order chi connectivity index (χ0) is 13.1. The van der Waals surface area contributed by atoms with E-state index in [-0.39, 0.29) is 5.91 Å². The van der Waals surface area contributed by atoms with Gasteiger partial charge in [-0.2, -0.15) is 0 Å². The Morgan fingerprint density at radius 2 is 2.11 bits per heavy atom. The van der Waals surface area contributed by atoms with Crippen molar-refractivity contribution in [1.82, 2.24) is 4.90 Å². The van der Waals surface area contributed by atoms with Crippen LogP contribution in [-0.4, -0.2) is 35.0 Å². The molecule has 1 heterocycles. The predicted molar refractivity (Wildman–Crippen MR) is 64.2 cm³/mol. The molecule has 5 heteroatoms. The van der Waals surface area contributed by atoms with Gasteiger partial charge in [0.05, 0.1) is 7.11 Å². The van der Waals surface area contributed by atoms with Crippen molar-refractivity contribution in [2.24, 2.45) is 0 Å². The summed E-state index contributed by atoms with van der Waals surface area (Å²) in [6.45, 7) is 0.333. The van der Waals surface area contributed by atoms with Crippen molar-refractivity contribution in [2.45, 2.75) is 25.4 Å². The van der Waals surface area contributed by atoms with Gasteiger partial charge in [-0.1, -0.05) is 12.1 Å². The van der Waals surface area contributed by atoms with E-state index in [2.05, 4.69) is 0 Å². The molecule has 2 rings (SSSR count). The number of carbonyl (C=O) groups is 2. The first kappa shape index (κ1) is 12.4. The molecule has 1 fully saturated rings. The molecule has 0 unspecified atom stereocenters. The van der Waals surface area contributed by atoms with E-state index in [9.17, 15) is 9.59 Å². The molecule has 1 aromatic rings. The number of carbonyl (C=O) groups excluding carboxylic acids is 1. The van der Waals surface area contributed by atoms with E-state index in [1.807, 2.05) is 12.1 Å². The summed E-state index contributed by atoms with van der Waals surface area (Å²) in [5, 5.41) is 9.05. The molecule has 96 valence electrons.